The standard InChI is InChI=1S/C27H20O9/c1-32-15-9-19(29)25(24(10-15)34-3)27(31)17-12-35-22-11-21-14(6-16(22)26(17)30)8-20(36-21)13-4-5-18(28)23(7-13)33-2/h4-12,28-29H,1-3H3. The Kier molecular flexibility index (Phi) is 5.52. The summed E-state index contributed by atoms with van der Waals surface area (Å²) in [5.41, 5.74) is 0.308. The molecule has 0 fully saturated rings. The third-order valence-electron chi connectivity index (χ3n) is 5.86. The molecule has 0 aliphatic heterocycles. The Morgan fingerprint density at radius 3 is 2.33 bits per heavy atom. The van der Waals surface area contributed by atoms with Crippen LogP contribution in [-0.2, 0) is 0 Å². The number of hydrogen-bond acceptors (Lipinski definition) is 9. The van der Waals surface area contributed by atoms with Crippen molar-refractivity contribution in [3.63, 3.8) is 0 Å². The molecule has 0 spiro atoms. The maximum Gasteiger partial charge on any atom is 0.207 e. The summed E-state index contributed by atoms with van der Waals surface area (Å²) in [6.07, 6.45) is 1.05. The van der Waals surface area contributed by atoms with Crippen LogP contribution in [0.4, 0.5) is 0 Å². The van der Waals surface area contributed by atoms with Crippen LogP contribution in [0.2, 0.25) is 0 Å². The van der Waals surface area contributed by atoms with E-state index in [0.717, 1.165) is 6.26 Å². The molecule has 0 amide bonds. The van der Waals surface area contributed by atoms with E-state index in [2.05, 4.69) is 0 Å². The number of benzene rings is 3. The van der Waals surface area contributed by atoms with E-state index in [0.29, 0.717) is 22.3 Å². The van der Waals surface area contributed by atoms with Gasteiger partial charge >= 0.3 is 0 Å². The van der Waals surface area contributed by atoms with Gasteiger partial charge in [0.2, 0.25) is 11.2 Å². The van der Waals surface area contributed by atoms with Gasteiger partial charge in [0.25, 0.3) is 0 Å². The molecule has 0 unspecified atom stereocenters. The van der Waals surface area contributed by atoms with Crippen LogP contribution in [0.3, 0.4) is 0 Å². The molecule has 2 aromatic heterocycles. The SMILES string of the molecule is COc1cc(O)c(C(=O)c2coc3cc4oc(-c5ccc(O)c(OC)c5)cc4cc3c2=O)c(OC)c1. The van der Waals surface area contributed by atoms with Crippen LogP contribution in [0.5, 0.6) is 28.7 Å². The lowest BCUT2D eigenvalue weighted by atomic mass is 10.0. The van der Waals surface area contributed by atoms with Crippen molar-refractivity contribution in [2.45, 2.75) is 0 Å². The van der Waals surface area contributed by atoms with Crippen molar-refractivity contribution in [3.8, 4) is 40.1 Å². The van der Waals surface area contributed by atoms with Crippen molar-refractivity contribution in [1.82, 2.24) is 0 Å². The molecular weight excluding hydrogens is 468 g/mol. The highest BCUT2D eigenvalue weighted by atomic mass is 16.5. The first kappa shape index (κ1) is 22.9. The van der Waals surface area contributed by atoms with Crippen LogP contribution in [0.15, 0.2) is 68.4 Å². The van der Waals surface area contributed by atoms with Crippen molar-refractivity contribution in [2.75, 3.05) is 21.3 Å². The molecular formula is C27H20O9. The van der Waals surface area contributed by atoms with Gasteiger partial charge in [-0.05, 0) is 30.3 Å². The second kappa shape index (κ2) is 8.70. The van der Waals surface area contributed by atoms with Gasteiger partial charge in [-0.1, -0.05) is 0 Å². The minimum atomic E-state index is -0.758. The summed E-state index contributed by atoms with van der Waals surface area (Å²) >= 11 is 0. The molecule has 2 heterocycles. The van der Waals surface area contributed by atoms with Crippen molar-refractivity contribution >= 4 is 27.7 Å². The van der Waals surface area contributed by atoms with Crippen molar-refractivity contribution in [2.24, 2.45) is 0 Å². The summed E-state index contributed by atoms with van der Waals surface area (Å²) < 4.78 is 27.0. The molecule has 3 aromatic carbocycles. The van der Waals surface area contributed by atoms with Gasteiger partial charge in [0, 0.05) is 29.1 Å². The van der Waals surface area contributed by atoms with E-state index in [-0.39, 0.29) is 45.1 Å². The largest absolute Gasteiger partial charge is 0.507 e. The summed E-state index contributed by atoms with van der Waals surface area (Å²) in [4.78, 5) is 26.6. The highest BCUT2D eigenvalue weighted by Crippen LogP contribution is 2.36. The molecule has 0 radical (unpaired) electrons. The third-order valence-corrected chi connectivity index (χ3v) is 5.86. The molecule has 0 aliphatic carbocycles. The summed E-state index contributed by atoms with van der Waals surface area (Å²) in [7, 11) is 4.19. The van der Waals surface area contributed by atoms with Crippen LogP contribution in [0, 0.1) is 0 Å². The lowest BCUT2D eigenvalue weighted by molar-refractivity contribution is 0.103. The van der Waals surface area contributed by atoms with Crippen molar-refractivity contribution < 1.29 is 38.1 Å². The number of carbonyl (C=O) groups is 1. The van der Waals surface area contributed by atoms with Gasteiger partial charge in [0.05, 0.1) is 26.7 Å². The molecule has 9 nitrogen and oxygen atoms in total. The highest BCUT2D eigenvalue weighted by molar-refractivity contribution is 6.13. The first-order chi connectivity index (χ1) is 17.3. The highest BCUT2D eigenvalue weighted by Gasteiger charge is 2.25. The number of phenols is 2. The van der Waals surface area contributed by atoms with E-state index in [4.69, 9.17) is 23.0 Å². The minimum absolute atomic E-state index is 0.00498. The Morgan fingerprint density at radius 1 is 0.833 bits per heavy atom. The monoisotopic (exact) mass is 488 g/mol. The van der Waals surface area contributed by atoms with Crippen molar-refractivity contribution in [1.29, 1.82) is 0 Å². The lowest BCUT2D eigenvalue weighted by Crippen LogP contribution is -2.16. The van der Waals surface area contributed by atoms with Crippen LogP contribution in [0.1, 0.15) is 15.9 Å². The number of phenolic OH excluding ortho intramolecular Hbond substituents is 2. The van der Waals surface area contributed by atoms with Gasteiger partial charge in [-0.2, -0.15) is 0 Å². The normalized spacial score (nSPS) is 11.1. The van der Waals surface area contributed by atoms with E-state index in [1.807, 2.05) is 0 Å². The number of fused-ring (bicyclic) bond motifs is 2. The van der Waals surface area contributed by atoms with Crippen LogP contribution >= 0.6 is 0 Å². The van der Waals surface area contributed by atoms with E-state index in [9.17, 15) is 19.8 Å². The molecule has 5 rings (SSSR count). The zero-order chi connectivity index (χ0) is 25.6. The van der Waals surface area contributed by atoms with Gasteiger partial charge in [-0.15, -0.1) is 0 Å². The second-order valence-corrected chi connectivity index (χ2v) is 7.91. The zero-order valence-electron chi connectivity index (χ0n) is 19.4. The first-order valence-corrected chi connectivity index (χ1v) is 10.7. The predicted octanol–water partition coefficient (Wildman–Crippen LogP) is 4.87. The molecule has 0 bridgehead atoms. The van der Waals surface area contributed by atoms with E-state index < -0.39 is 17.0 Å². The lowest BCUT2D eigenvalue weighted by Gasteiger charge is -2.11. The molecule has 36 heavy (non-hydrogen) atoms. The van der Waals surface area contributed by atoms with Crippen LogP contribution in [-0.4, -0.2) is 37.3 Å². The number of hydrogen-bond donors (Lipinski definition) is 2. The first-order valence-electron chi connectivity index (χ1n) is 10.7. The molecule has 5 aromatic rings. The number of furan rings is 1. The van der Waals surface area contributed by atoms with E-state index in [1.165, 1.54) is 39.5 Å². The number of aromatic hydroxyl groups is 2. The molecule has 0 atom stereocenters. The van der Waals surface area contributed by atoms with E-state index >= 15 is 0 Å². The van der Waals surface area contributed by atoms with Gasteiger partial charge in [-0.25, -0.2) is 0 Å². The Balaban J connectivity index is 1.62. The summed E-state index contributed by atoms with van der Waals surface area (Å²) in [6.45, 7) is 0. The average Bonchev–Trinajstić information content (AvgIpc) is 3.30. The van der Waals surface area contributed by atoms with Gasteiger partial charge in [-0.3, -0.25) is 9.59 Å². The number of methoxy groups -OCH3 is 3. The Morgan fingerprint density at radius 2 is 1.61 bits per heavy atom. The number of ketones is 1. The minimum Gasteiger partial charge on any atom is -0.507 e. The fraction of sp³-hybridized carbons (Fsp3) is 0.111. The van der Waals surface area contributed by atoms with Crippen LogP contribution in [0.25, 0.3) is 33.3 Å². The summed E-state index contributed by atoms with van der Waals surface area (Å²) in [5.74, 6) is -0.0478. The number of rotatable bonds is 6. The molecule has 182 valence electrons. The van der Waals surface area contributed by atoms with Gasteiger partial charge in [0.15, 0.2) is 11.5 Å². The molecule has 2 N–H and O–H groups in total. The Labute approximate surface area is 203 Å². The molecule has 0 saturated heterocycles. The number of carbonyl (C=O) groups excluding carboxylic acids is 1. The fourth-order valence-corrected chi connectivity index (χ4v) is 4.01. The van der Waals surface area contributed by atoms with Crippen molar-refractivity contribution in [3.05, 3.63) is 76.1 Å². The molecule has 0 aliphatic rings. The average molecular weight is 488 g/mol. The predicted molar refractivity (Wildman–Crippen MR) is 131 cm³/mol. The Hall–Kier alpha value is -4.92. The quantitative estimate of drug-likeness (QED) is 0.322. The Bertz CT molecular complexity index is 1710. The van der Waals surface area contributed by atoms with E-state index in [1.54, 1.807) is 30.3 Å². The second-order valence-electron chi connectivity index (χ2n) is 7.91. The number of ether oxygens (including phenoxy) is 3. The van der Waals surface area contributed by atoms with Crippen LogP contribution < -0.4 is 19.6 Å². The zero-order valence-corrected chi connectivity index (χ0v) is 19.4. The van der Waals surface area contributed by atoms with Gasteiger partial charge in [0.1, 0.15) is 51.6 Å². The van der Waals surface area contributed by atoms with Gasteiger partial charge < -0.3 is 33.3 Å². The summed E-state index contributed by atoms with van der Waals surface area (Å²) in [5, 5.41) is 21.0. The smallest absolute Gasteiger partial charge is 0.207 e. The molecule has 0 saturated carbocycles. The maximum absolute atomic E-state index is 13.3. The molecule has 9 heteroatoms. The third kappa shape index (κ3) is 3.67. The fourth-order valence-electron chi connectivity index (χ4n) is 4.01. The maximum atomic E-state index is 13.3. The topological polar surface area (TPSA) is 129 Å². The summed E-state index contributed by atoms with van der Waals surface area (Å²) in [6, 6.07) is 12.3.